The fourth-order valence-corrected chi connectivity index (χ4v) is 1.26. The molecule has 0 unspecified atom stereocenters. The van der Waals surface area contributed by atoms with Crippen molar-refractivity contribution in [1.82, 2.24) is 0 Å². The van der Waals surface area contributed by atoms with Gasteiger partial charge in [0.15, 0.2) is 0 Å². The predicted octanol–water partition coefficient (Wildman–Crippen LogP) is 2.72. The summed E-state index contributed by atoms with van der Waals surface area (Å²) in [6, 6.07) is 3.35. The van der Waals surface area contributed by atoms with E-state index in [9.17, 15) is 13.2 Å². The van der Waals surface area contributed by atoms with E-state index in [1.165, 1.54) is 6.07 Å². The lowest BCUT2D eigenvalue weighted by Gasteiger charge is -2.03. The van der Waals surface area contributed by atoms with Gasteiger partial charge < -0.3 is 5.73 Å². The van der Waals surface area contributed by atoms with Crippen LogP contribution in [0.5, 0.6) is 0 Å². The number of halogens is 3. The van der Waals surface area contributed by atoms with Crippen LogP contribution in [-0.4, -0.2) is 5.76 Å². The third-order valence-corrected chi connectivity index (χ3v) is 1.99. The summed E-state index contributed by atoms with van der Waals surface area (Å²) in [5.41, 5.74) is 5.32. The van der Waals surface area contributed by atoms with Gasteiger partial charge in [0.1, 0.15) is 5.82 Å². The first kappa shape index (κ1) is 9.25. The van der Waals surface area contributed by atoms with Crippen molar-refractivity contribution in [3.8, 4) is 0 Å². The molecule has 1 rings (SSSR count). The summed E-state index contributed by atoms with van der Waals surface area (Å²) in [6.07, 6.45) is 0. The Morgan fingerprint density at radius 1 is 1.33 bits per heavy atom. The summed E-state index contributed by atoms with van der Waals surface area (Å²) in [4.78, 5) is 0.200. The van der Waals surface area contributed by atoms with Gasteiger partial charge in [-0.15, -0.1) is 0 Å². The van der Waals surface area contributed by atoms with Crippen molar-refractivity contribution in [3.63, 3.8) is 0 Å². The van der Waals surface area contributed by atoms with Gasteiger partial charge in [0.05, 0.1) is 0 Å². The lowest BCUT2D eigenvalue weighted by molar-refractivity contribution is 0.252. The van der Waals surface area contributed by atoms with Gasteiger partial charge in [0, 0.05) is 10.6 Å². The standard InChI is InChI=1S/C7H6F3NS/c8-4-1-2-6(5(11)3-4)12-7(9)10/h1-3,7H,11H2. The van der Waals surface area contributed by atoms with Gasteiger partial charge in [-0.2, -0.15) is 8.78 Å². The Kier molecular flexibility index (Phi) is 2.86. The molecule has 5 heteroatoms. The molecule has 0 aliphatic carbocycles. The summed E-state index contributed by atoms with van der Waals surface area (Å²) in [7, 11) is 0. The van der Waals surface area contributed by atoms with Crippen LogP contribution in [0.1, 0.15) is 0 Å². The minimum atomic E-state index is -2.53. The number of anilines is 1. The zero-order valence-electron chi connectivity index (χ0n) is 5.93. The molecular formula is C7H6F3NS. The van der Waals surface area contributed by atoms with E-state index < -0.39 is 11.6 Å². The largest absolute Gasteiger partial charge is 0.398 e. The minimum Gasteiger partial charge on any atom is -0.398 e. The molecule has 0 heterocycles. The van der Waals surface area contributed by atoms with Crippen molar-refractivity contribution in [1.29, 1.82) is 0 Å². The molecule has 0 aromatic heterocycles. The Morgan fingerprint density at radius 3 is 2.50 bits per heavy atom. The number of hydrogen-bond donors (Lipinski definition) is 1. The first-order valence-electron chi connectivity index (χ1n) is 3.09. The van der Waals surface area contributed by atoms with Crippen LogP contribution in [0, 0.1) is 5.82 Å². The van der Waals surface area contributed by atoms with E-state index in [4.69, 9.17) is 5.73 Å². The molecule has 0 amide bonds. The number of rotatable bonds is 2. The molecule has 0 fully saturated rings. The van der Waals surface area contributed by atoms with Crippen molar-refractivity contribution < 1.29 is 13.2 Å². The molecule has 12 heavy (non-hydrogen) atoms. The van der Waals surface area contributed by atoms with Gasteiger partial charge in [-0.1, -0.05) is 11.8 Å². The molecule has 0 spiro atoms. The summed E-state index contributed by atoms with van der Waals surface area (Å²) >= 11 is 0.309. The summed E-state index contributed by atoms with van der Waals surface area (Å²) < 4.78 is 36.0. The molecule has 1 aromatic rings. The van der Waals surface area contributed by atoms with Gasteiger partial charge in [0.2, 0.25) is 0 Å². The van der Waals surface area contributed by atoms with Gasteiger partial charge in [-0.3, -0.25) is 0 Å². The van der Waals surface area contributed by atoms with Crippen LogP contribution in [0.3, 0.4) is 0 Å². The van der Waals surface area contributed by atoms with Crippen molar-refractivity contribution in [2.45, 2.75) is 10.7 Å². The molecule has 0 aliphatic heterocycles. The number of thioether (sulfide) groups is 1. The second-order valence-electron chi connectivity index (χ2n) is 2.06. The topological polar surface area (TPSA) is 26.0 Å². The Bertz CT molecular complexity index is 277. The Hall–Kier alpha value is -0.840. The van der Waals surface area contributed by atoms with E-state index in [0.717, 1.165) is 12.1 Å². The van der Waals surface area contributed by atoms with Crippen LogP contribution in [0.2, 0.25) is 0 Å². The number of nitrogens with two attached hydrogens (primary N) is 1. The number of hydrogen-bond acceptors (Lipinski definition) is 2. The van der Waals surface area contributed by atoms with E-state index in [1.807, 2.05) is 0 Å². The molecule has 0 saturated heterocycles. The molecule has 1 nitrogen and oxygen atoms in total. The normalized spacial score (nSPS) is 10.7. The van der Waals surface area contributed by atoms with Crippen molar-refractivity contribution in [3.05, 3.63) is 24.0 Å². The first-order valence-corrected chi connectivity index (χ1v) is 3.97. The SMILES string of the molecule is Nc1cc(F)ccc1SC(F)F. The molecule has 2 N–H and O–H groups in total. The van der Waals surface area contributed by atoms with Crippen molar-refractivity contribution in [2.24, 2.45) is 0 Å². The Labute approximate surface area is 71.8 Å². The van der Waals surface area contributed by atoms with Gasteiger partial charge in [-0.25, -0.2) is 4.39 Å². The number of nitrogen functional groups attached to an aromatic ring is 1. The molecule has 66 valence electrons. The maximum Gasteiger partial charge on any atom is 0.288 e. The maximum absolute atomic E-state index is 12.4. The molecule has 0 bridgehead atoms. The fourth-order valence-electron chi connectivity index (χ4n) is 0.723. The maximum atomic E-state index is 12.4. The Morgan fingerprint density at radius 2 is 2.00 bits per heavy atom. The van der Waals surface area contributed by atoms with Gasteiger partial charge in [0.25, 0.3) is 5.76 Å². The highest BCUT2D eigenvalue weighted by atomic mass is 32.2. The van der Waals surface area contributed by atoms with Gasteiger partial charge in [-0.05, 0) is 18.2 Å². The summed E-state index contributed by atoms with van der Waals surface area (Å²) in [5, 5.41) is 0. The molecule has 1 aromatic carbocycles. The first-order chi connectivity index (χ1) is 5.59. The highest BCUT2D eigenvalue weighted by molar-refractivity contribution is 7.99. The van der Waals surface area contributed by atoms with Crippen LogP contribution in [-0.2, 0) is 0 Å². The highest BCUT2D eigenvalue weighted by Gasteiger charge is 2.08. The number of benzene rings is 1. The summed E-state index contributed by atoms with van der Waals surface area (Å²) in [6.45, 7) is 0. The zero-order chi connectivity index (χ0) is 9.14. The van der Waals surface area contributed by atoms with Crippen LogP contribution < -0.4 is 5.73 Å². The van der Waals surface area contributed by atoms with Crippen LogP contribution in [0.15, 0.2) is 23.1 Å². The summed E-state index contributed by atoms with van der Waals surface area (Å²) in [5.74, 6) is -3.05. The minimum absolute atomic E-state index is 0.0419. The van der Waals surface area contributed by atoms with Crippen LogP contribution >= 0.6 is 11.8 Å². The zero-order valence-corrected chi connectivity index (χ0v) is 6.75. The lowest BCUT2D eigenvalue weighted by Crippen LogP contribution is -1.91. The van der Waals surface area contributed by atoms with E-state index in [2.05, 4.69) is 0 Å². The molecule has 0 saturated carbocycles. The fraction of sp³-hybridized carbons (Fsp3) is 0.143. The smallest absolute Gasteiger partial charge is 0.288 e. The van der Waals surface area contributed by atoms with E-state index in [1.54, 1.807) is 0 Å². The van der Waals surface area contributed by atoms with E-state index in [0.29, 0.717) is 11.8 Å². The quantitative estimate of drug-likeness (QED) is 0.577. The average molecular weight is 193 g/mol. The molecule has 0 aliphatic rings. The van der Waals surface area contributed by atoms with Crippen LogP contribution in [0.4, 0.5) is 18.9 Å². The average Bonchev–Trinajstić information content (AvgIpc) is 1.94. The molecule has 0 radical (unpaired) electrons. The third kappa shape index (κ3) is 2.34. The second kappa shape index (κ2) is 3.71. The molecule has 0 atom stereocenters. The predicted molar refractivity (Wildman–Crippen MR) is 42.7 cm³/mol. The Balaban J connectivity index is 2.86. The van der Waals surface area contributed by atoms with E-state index in [-0.39, 0.29) is 10.6 Å². The van der Waals surface area contributed by atoms with E-state index >= 15 is 0 Å². The second-order valence-corrected chi connectivity index (χ2v) is 3.09. The highest BCUT2D eigenvalue weighted by Crippen LogP contribution is 2.30. The third-order valence-electron chi connectivity index (χ3n) is 1.19. The van der Waals surface area contributed by atoms with Gasteiger partial charge >= 0.3 is 0 Å². The van der Waals surface area contributed by atoms with Crippen LogP contribution in [0.25, 0.3) is 0 Å². The van der Waals surface area contributed by atoms with Crippen molar-refractivity contribution >= 4 is 17.4 Å². The molecular weight excluding hydrogens is 187 g/mol. The van der Waals surface area contributed by atoms with Crippen molar-refractivity contribution in [2.75, 3.05) is 5.73 Å². The monoisotopic (exact) mass is 193 g/mol. The number of alkyl halides is 2. The lowest BCUT2D eigenvalue weighted by atomic mass is 10.3.